The van der Waals surface area contributed by atoms with Gasteiger partial charge in [-0.05, 0) is 26.3 Å². The van der Waals surface area contributed by atoms with Crippen molar-refractivity contribution in [3.63, 3.8) is 0 Å². The Morgan fingerprint density at radius 3 is 2.67 bits per heavy atom. The second kappa shape index (κ2) is 4.57. The van der Waals surface area contributed by atoms with Crippen LogP contribution in [0.25, 0.3) is 0 Å². The number of aromatic nitrogens is 2. The maximum absolute atomic E-state index is 12.2. The van der Waals surface area contributed by atoms with Crippen molar-refractivity contribution in [2.24, 2.45) is 7.05 Å². The van der Waals surface area contributed by atoms with E-state index in [0.29, 0.717) is 18.7 Å². The zero-order valence-electron chi connectivity index (χ0n) is 9.78. The standard InChI is InChI=1S/C11H18N2O2/c1-5-11(3,15-6-2)10(14)9-7-8-12-13(9)4/h7-8H,5-6H2,1-4H3. The van der Waals surface area contributed by atoms with Crippen LogP contribution in [0, 0.1) is 0 Å². The number of rotatable bonds is 5. The van der Waals surface area contributed by atoms with Crippen LogP contribution >= 0.6 is 0 Å². The van der Waals surface area contributed by atoms with Crippen molar-refractivity contribution >= 4 is 5.78 Å². The number of ketones is 1. The van der Waals surface area contributed by atoms with E-state index in [4.69, 9.17) is 4.74 Å². The van der Waals surface area contributed by atoms with Crippen LogP contribution < -0.4 is 0 Å². The molecule has 0 aliphatic rings. The lowest BCUT2D eigenvalue weighted by Gasteiger charge is -2.26. The lowest BCUT2D eigenvalue weighted by molar-refractivity contribution is -0.0122. The fourth-order valence-electron chi connectivity index (χ4n) is 1.51. The molecular formula is C11H18N2O2. The first-order chi connectivity index (χ1) is 7.05. The van der Waals surface area contributed by atoms with Gasteiger partial charge in [0.25, 0.3) is 0 Å². The molecule has 0 saturated carbocycles. The Kier molecular flexibility index (Phi) is 3.63. The third-order valence-corrected chi connectivity index (χ3v) is 2.67. The molecular weight excluding hydrogens is 192 g/mol. The first kappa shape index (κ1) is 11.9. The Bertz CT molecular complexity index is 346. The minimum atomic E-state index is -0.734. The summed E-state index contributed by atoms with van der Waals surface area (Å²) in [5.74, 6) is -0.00755. The first-order valence-electron chi connectivity index (χ1n) is 5.22. The van der Waals surface area contributed by atoms with Gasteiger partial charge >= 0.3 is 0 Å². The van der Waals surface area contributed by atoms with Gasteiger partial charge in [-0.25, -0.2) is 0 Å². The topological polar surface area (TPSA) is 44.1 Å². The molecule has 0 aliphatic carbocycles. The predicted molar refractivity (Wildman–Crippen MR) is 57.9 cm³/mol. The minimum absolute atomic E-state index is 0.00755. The number of carbonyl (C=O) groups excluding carboxylic acids is 1. The van der Waals surface area contributed by atoms with Gasteiger partial charge in [0.05, 0.1) is 0 Å². The lowest BCUT2D eigenvalue weighted by atomic mass is 9.95. The maximum Gasteiger partial charge on any atom is 0.212 e. The molecule has 0 N–H and O–H groups in total. The Morgan fingerprint density at radius 1 is 1.60 bits per heavy atom. The molecule has 1 atom stereocenters. The molecule has 0 spiro atoms. The Morgan fingerprint density at radius 2 is 2.27 bits per heavy atom. The highest BCUT2D eigenvalue weighted by Gasteiger charge is 2.34. The second-order valence-electron chi connectivity index (χ2n) is 3.69. The van der Waals surface area contributed by atoms with Gasteiger partial charge in [-0.2, -0.15) is 5.10 Å². The molecule has 1 unspecified atom stereocenters. The van der Waals surface area contributed by atoms with Crippen LogP contribution in [0.1, 0.15) is 37.7 Å². The van der Waals surface area contributed by atoms with E-state index >= 15 is 0 Å². The normalized spacial score (nSPS) is 14.9. The van der Waals surface area contributed by atoms with E-state index < -0.39 is 5.60 Å². The fourth-order valence-corrected chi connectivity index (χ4v) is 1.51. The van der Waals surface area contributed by atoms with Gasteiger partial charge < -0.3 is 4.74 Å². The van der Waals surface area contributed by atoms with Crippen LogP contribution in [0.2, 0.25) is 0 Å². The number of Topliss-reactive ketones (excluding diaryl/α,β-unsaturated/α-hetero) is 1. The minimum Gasteiger partial charge on any atom is -0.367 e. The van der Waals surface area contributed by atoms with E-state index in [0.717, 1.165) is 0 Å². The van der Waals surface area contributed by atoms with Gasteiger partial charge in [0.2, 0.25) is 5.78 Å². The molecule has 0 amide bonds. The van der Waals surface area contributed by atoms with Crippen LogP contribution in [-0.4, -0.2) is 27.8 Å². The summed E-state index contributed by atoms with van der Waals surface area (Å²) in [4.78, 5) is 12.2. The van der Waals surface area contributed by atoms with Crippen LogP contribution in [0.4, 0.5) is 0 Å². The first-order valence-corrected chi connectivity index (χ1v) is 5.22. The number of ether oxygens (including phenoxy) is 1. The van der Waals surface area contributed by atoms with Gasteiger partial charge in [0.15, 0.2) is 0 Å². The zero-order chi connectivity index (χ0) is 11.5. The Balaban J connectivity index is 2.96. The molecule has 0 radical (unpaired) electrons. The number of nitrogens with zero attached hydrogens (tertiary/aromatic N) is 2. The number of hydrogen-bond acceptors (Lipinski definition) is 3. The highest BCUT2D eigenvalue weighted by Crippen LogP contribution is 2.20. The summed E-state index contributed by atoms with van der Waals surface area (Å²) in [5, 5.41) is 3.99. The van der Waals surface area contributed by atoms with Crippen LogP contribution in [0.3, 0.4) is 0 Å². The smallest absolute Gasteiger partial charge is 0.212 e. The second-order valence-corrected chi connectivity index (χ2v) is 3.69. The van der Waals surface area contributed by atoms with Gasteiger partial charge in [-0.1, -0.05) is 6.92 Å². The van der Waals surface area contributed by atoms with E-state index in [9.17, 15) is 4.79 Å². The van der Waals surface area contributed by atoms with Crippen molar-refractivity contribution in [2.75, 3.05) is 6.61 Å². The van der Waals surface area contributed by atoms with Crippen LogP contribution in [-0.2, 0) is 11.8 Å². The largest absolute Gasteiger partial charge is 0.367 e. The Labute approximate surface area is 90.2 Å². The van der Waals surface area contributed by atoms with Crippen LogP contribution in [0.5, 0.6) is 0 Å². The van der Waals surface area contributed by atoms with Crippen molar-refractivity contribution in [3.05, 3.63) is 18.0 Å². The molecule has 4 heteroatoms. The highest BCUT2D eigenvalue weighted by molar-refractivity contribution is 6.00. The van der Waals surface area contributed by atoms with E-state index in [1.165, 1.54) is 0 Å². The summed E-state index contributed by atoms with van der Waals surface area (Å²) in [6, 6.07) is 1.72. The average Bonchev–Trinajstić information content (AvgIpc) is 2.63. The van der Waals surface area contributed by atoms with Gasteiger partial charge in [-0.15, -0.1) is 0 Å². The molecule has 1 aromatic rings. The number of aryl methyl sites for hydroxylation is 1. The fraction of sp³-hybridized carbons (Fsp3) is 0.636. The van der Waals surface area contributed by atoms with E-state index in [1.807, 2.05) is 20.8 Å². The molecule has 0 aromatic carbocycles. The summed E-state index contributed by atoms with van der Waals surface area (Å²) < 4.78 is 7.11. The quantitative estimate of drug-likeness (QED) is 0.696. The average molecular weight is 210 g/mol. The SMILES string of the molecule is CCOC(C)(CC)C(=O)c1ccnn1C. The van der Waals surface area contributed by atoms with E-state index in [2.05, 4.69) is 5.10 Å². The summed E-state index contributed by atoms with van der Waals surface area (Å²) in [7, 11) is 1.76. The molecule has 0 fully saturated rings. The molecule has 15 heavy (non-hydrogen) atoms. The summed E-state index contributed by atoms with van der Waals surface area (Å²) in [6.45, 7) is 6.20. The molecule has 0 saturated heterocycles. The molecule has 84 valence electrons. The molecule has 0 aliphatic heterocycles. The Hall–Kier alpha value is -1.16. The van der Waals surface area contributed by atoms with Crippen molar-refractivity contribution in [3.8, 4) is 0 Å². The van der Waals surface area contributed by atoms with E-state index in [1.54, 1.807) is 24.0 Å². The highest BCUT2D eigenvalue weighted by atomic mass is 16.5. The molecule has 1 heterocycles. The zero-order valence-corrected chi connectivity index (χ0v) is 9.78. The van der Waals surface area contributed by atoms with Gasteiger partial charge in [0.1, 0.15) is 11.3 Å². The van der Waals surface area contributed by atoms with E-state index in [-0.39, 0.29) is 5.78 Å². The predicted octanol–water partition coefficient (Wildman–Crippen LogP) is 1.81. The third kappa shape index (κ3) is 2.26. The maximum atomic E-state index is 12.2. The molecule has 4 nitrogen and oxygen atoms in total. The van der Waals surface area contributed by atoms with Crippen molar-refractivity contribution in [2.45, 2.75) is 32.8 Å². The summed E-state index contributed by atoms with van der Waals surface area (Å²) in [6.07, 6.45) is 2.28. The summed E-state index contributed by atoms with van der Waals surface area (Å²) >= 11 is 0. The summed E-state index contributed by atoms with van der Waals surface area (Å²) in [5.41, 5.74) is -0.143. The molecule has 0 bridgehead atoms. The van der Waals surface area contributed by atoms with Crippen molar-refractivity contribution in [1.29, 1.82) is 0 Å². The number of carbonyl (C=O) groups is 1. The monoisotopic (exact) mass is 210 g/mol. The molecule has 1 aromatic heterocycles. The van der Waals surface area contributed by atoms with Crippen molar-refractivity contribution < 1.29 is 9.53 Å². The van der Waals surface area contributed by atoms with Gasteiger partial charge in [0, 0.05) is 19.9 Å². The van der Waals surface area contributed by atoms with Crippen LogP contribution in [0.15, 0.2) is 12.3 Å². The molecule has 1 rings (SSSR count). The third-order valence-electron chi connectivity index (χ3n) is 2.67. The lowest BCUT2D eigenvalue weighted by Crippen LogP contribution is -2.39. The van der Waals surface area contributed by atoms with Gasteiger partial charge in [-0.3, -0.25) is 9.48 Å². The number of hydrogen-bond donors (Lipinski definition) is 0. The van der Waals surface area contributed by atoms with Crippen molar-refractivity contribution in [1.82, 2.24) is 9.78 Å².